The Hall–Kier alpha value is -2.82. The molecule has 1 heterocycles. The number of ether oxygens (including phenoxy) is 1. The average molecular weight is 297 g/mol. The summed E-state index contributed by atoms with van der Waals surface area (Å²) in [7, 11) is 5.16. The Balaban J connectivity index is 2.31. The maximum atomic E-state index is 12.0. The number of hydrogen-bond donors (Lipinski definition) is 0. The Morgan fingerprint density at radius 2 is 1.82 bits per heavy atom. The minimum Gasteiger partial charge on any atom is -0.465 e. The van der Waals surface area contributed by atoms with Gasteiger partial charge in [-0.05, 0) is 29.7 Å². The van der Waals surface area contributed by atoms with Crippen molar-refractivity contribution in [2.75, 3.05) is 26.1 Å². The molecule has 0 saturated heterocycles. The van der Waals surface area contributed by atoms with E-state index in [1.807, 2.05) is 49.3 Å². The molecule has 0 aliphatic rings. The van der Waals surface area contributed by atoms with Gasteiger partial charge in [0.2, 0.25) is 0 Å². The molecular weight excluding hydrogens is 282 g/mol. The summed E-state index contributed by atoms with van der Waals surface area (Å²) in [4.78, 5) is 25.6. The highest BCUT2D eigenvalue weighted by Crippen LogP contribution is 2.28. The molecule has 0 fully saturated rings. The van der Waals surface area contributed by atoms with Gasteiger partial charge < -0.3 is 14.1 Å². The summed E-state index contributed by atoms with van der Waals surface area (Å²) in [5.74, 6) is -0.696. The number of methoxy groups -OCH3 is 1. The number of esters is 1. The molecule has 3 aromatic rings. The van der Waals surface area contributed by atoms with Crippen molar-refractivity contribution in [1.29, 1.82) is 0 Å². The van der Waals surface area contributed by atoms with Crippen molar-refractivity contribution in [3.8, 4) is 0 Å². The number of nitrogens with zero attached hydrogens (tertiary/aromatic N) is 1. The first-order valence-electron chi connectivity index (χ1n) is 6.77. The second kappa shape index (κ2) is 5.18. The Bertz CT molecular complexity index is 940. The monoisotopic (exact) mass is 297 g/mol. The number of benzene rings is 2. The molecule has 22 heavy (non-hydrogen) atoms. The molecule has 5 heteroatoms. The van der Waals surface area contributed by atoms with Crippen LogP contribution in [0.25, 0.3) is 21.7 Å². The molecule has 0 aliphatic carbocycles. The van der Waals surface area contributed by atoms with E-state index in [1.54, 1.807) is 0 Å². The lowest BCUT2D eigenvalue weighted by atomic mass is 10.1. The first-order chi connectivity index (χ1) is 10.5. The van der Waals surface area contributed by atoms with Crippen molar-refractivity contribution in [1.82, 2.24) is 0 Å². The van der Waals surface area contributed by atoms with Crippen LogP contribution >= 0.6 is 0 Å². The van der Waals surface area contributed by atoms with Crippen LogP contribution < -0.4 is 10.5 Å². The quantitative estimate of drug-likeness (QED) is 0.413. The summed E-state index contributed by atoms with van der Waals surface area (Å²) < 4.78 is 9.95. The molecule has 1 aromatic heterocycles. The molecule has 0 N–H and O–H groups in total. The maximum Gasteiger partial charge on any atom is 0.351 e. The van der Waals surface area contributed by atoms with Gasteiger partial charge in [-0.2, -0.15) is 0 Å². The van der Waals surface area contributed by atoms with E-state index in [1.165, 1.54) is 13.2 Å². The molecule has 0 bridgehead atoms. The van der Waals surface area contributed by atoms with Crippen molar-refractivity contribution in [3.63, 3.8) is 0 Å². The van der Waals surface area contributed by atoms with Gasteiger partial charge >= 0.3 is 11.6 Å². The molecule has 2 aromatic carbocycles. The number of carbonyl (C=O) groups is 1. The molecule has 112 valence electrons. The fourth-order valence-electron chi connectivity index (χ4n) is 2.43. The number of carbonyl (C=O) groups excluding carboxylic acids is 1. The molecule has 0 saturated carbocycles. The van der Waals surface area contributed by atoms with Crippen LogP contribution in [0, 0.1) is 0 Å². The van der Waals surface area contributed by atoms with Crippen molar-refractivity contribution in [2.24, 2.45) is 0 Å². The fourth-order valence-corrected chi connectivity index (χ4v) is 2.43. The topological polar surface area (TPSA) is 59.8 Å². The lowest BCUT2D eigenvalue weighted by Crippen LogP contribution is -2.15. The van der Waals surface area contributed by atoms with Crippen molar-refractivity contribution >= 4 is 33.4 Å². The van der Waals surface area contributed by atoms with E-state index < -0.39 is 11.6 Å². The van der Waals surface area contributed by atoms with E-state index in [2.05, 4.69) is 4.74 Å². The van der Waals surface area contributed by atoms with Crippen molar-refractivity contribution in [2.45, 2.75) is 0 Å². The Morgan fingerprint density at radius 1 is 1.09 bits per heavy atom. The van der Waals surface area contributed by atoms with Gasteiger partial charge in [-0.15, -0.1) is 0 Å². The van der Waals surface area contributed by atoms with Gasteiger partial charge in [0.1, 0.15) is 11.1 Å². The molecular formula is C17H15NO4. The van der Waals surface area contributed by atoms with Crippen LogP contribution in [-0.4, -0.2) is 27.2 Å². The lowest BCUT2D eigenvalue weighted by molar-refractivity contribution is 0.0596. The SMILES string of the molecule is COC(=O)c1cc2ccc3cc(N(C)C)ccc3c2oc1=O. The molecule has 0 unspecified atom stereocenters. The van der Waals surface area contributed by atoms with E-state index in [0.717, 1.165) is 16.5 Å². The molecule has 0 spiro atoms. The third kappa shape index (κ3) is 2.20. The van der Waals surface area contributed by atoms with Crippen LogP contribution in [0.5, 0.6) is 0 Å². The first kappa shape index (κ1) is 14.1. The highest BCUT2D eigenvalue weighted by Gasteiger charge is 2.15. The fraction of sp³-hybridized carbons (Fsp3) is 0.176. The van der Waals surface area contributed by atoms with Crippen molar-refractivity contribution in [3.05, 3.63) is 52.4 Å². The van der Waals surface area contributed by atoms with Gasteiger partial charge in [-0.1, -0.05) is 12.1 Å². The molecule has 0 aliphatic heterocycles. The summed E-state index contributed by atoms with van der Waals surface area (Å²) in [6, 6.07) is 11.2. The van der Waals surface area contributed by atoms with Crippen LogP contribution in [0.4, 0.5) is 5.69 Å². The van der Waals surface area contributed by atoms with Crippen molar-refractivity contribution < 1.29 is 13.9 Å². The van der Waals surface area contributed by atoms with Gasteiger partial charge in [-0.25, -0.2) is 9.59 Å². The Labute approximate surface area is 126 Å². The predicted molar refractivity (Wildman–Crippen MR) is 85.7 cm³/mol. The van der Waals surface area contributed by atoms with Crippen LogP contribution in [0.2, 0.25) is 0 Å². The van der Waals surface area contributed by atoms with E-state index in [-0.39, 0.29) is 5.56 Å². The summed E-state index contributed by atoms with van der Waals surface area (Å²) >= 11 is 0. The first-order valence-corrected chi connectivity index (χ1v) is 6.77. The predicted octanol–water partition coefficient (Wildman–Crippen LogP) is 2.80. The normalized spacial score (nSPS) is 10.9. The van der Waals surface area contributed by atoms with Gasteiger partial charge in [0.05, 0.1) is 7.11 Å². The highest BCUT2D eigenvalue weighted by molar-refractivity contribution is 6.06. The Kier molecular flexibility index (Phi) is 3.33. The summed E-state index contributed by atoms with van der Waals surface area (Å²) in [6.07, 6.45) is 0. The minimum absolute atomic E-state index is 0.0979. The Morgan fingerprint density at radius 3 is 2.50 bits per heavy atom. The van der Waals surface area contributed by atoms with Crippen LogP contribution in [-0.2, 0) is 4.74 Å². The van der Waals surface area contributed by atoms with Gasteiger partial charge in [0, 0.05) is 30.6 Å². The average Bonchev–Trinajstić information content (AvgIpc) is 2.52. The number of anilines is 1. The van der Waals surface area contributed by atoms with Gasteiger partial charge in [-0.3, -0.25) is 0 Å². The van der Waals surface area contributed by atoms with Gasteiger partial charge in [0.15, 0.2) is 0 Å². The minimum atomic E-state index is -0.696. The molecule has 3 rings (SSSR count). The number of fused-ring (bicyclic) bond motifs is 3. The number of hydrogen-bond acceptors (Lipinski definition) is 5. The van der Waals surface area contributed by atoms with E-state index in [9.17, 15) is 9.59 Å². The van der Waals surface area contributed by atoms with Crippen LogP contribution in [0.3, 0.4) is 0 Å². The largest absolute Gasteiger partial charge is 0.465 e. The third-order valence-corrected chi connectivity index (χ3v) is 3.62. The van der Waals surface area contributed by atoms with Crippen LogP contribution in [0.15, 0.2) is 45.6 Å². The zero-order valence-corrected chi connectivity index (χ0v) is 12.5. The van der Waals surface area contributed by atoms with E-state index in [4.69, 9.17) is 4.42 Å². The zero-order valence-electron chi connectivity index (χ0n) is 12.5. The second-order valence-corrected chi connectivity index (χ2v) is 5.22. The van der Waals surface area contributed by atoms with Gasteiger partial charge in [0.25, 0.3) is 0 Å². The molecule has 5 nitrogen and oxygen atoms in total. The van der Waals surface area contributed by atoms with Crippen LogP contribution in [0.1, 0.15) is 10.4 Å². The molecule has 0 radical (unpaired) electrons. The van der Waals surface area contributed by atoms with E-state index in [0.29, 0.717) is 11.0 Å². The van der Waals surface area contributed by atoms with E-state index >= 15 is 0 Å². The highest BCUT2D eigenvalue weighted by atomic mass is 16.5. The lowest BCUT2D eigenvalue weighted by Gasteiger charge is -2.13. The summed E-state index contributed by atoms with van der Waals surface area (Å²) in [5, 5.41) is 2.48. The second-order valence-electron chi connectivity index (χ2n) is 5.22. The molecule has 0 atom stereocenters. The summed E-state index contributed by atoms with van der Waals surface area (Å²) in [5.41, 5.74) is 0.739. The number of rotatable bonds is 2. The maximum absolute atomic E-state index is 12.0. The summed E-state index contributed by atoms with van der Waals surface area (Å²) in [6.45, 7) is 0. The zero-order chi connectivity index (χ0) is 15.9. The smallest absolute Gasteiger partial charge is 0.351 e. The third-order valence-electron chi connectivity index (χ3n) is 3.62. The molecule has 0 amide bonds. The standard InChI is InChI=1S/C17H15NO4/c1-18(2)12-6-7-13-10(8-12)4-5-11-9-14(16(19)21-3)17(20)22-15(11)13/h4-9H,1-3H3.